The van der Waals surface area contributed by atoms with Crippen molar-refractivity contribution in [3.05, 3.63) is 0 Å². The minimum Gasteiger partial charge on any atom is -0.298 e. The minimum absolute atomic E-state index is 0.156. The predicted octanol–water partition coefficient (Wildman–Crippen LogP) is 5.57. The van der Waals surface area contributed by atoms with Gasteiger partial charge >= 0.3 is 0 Å². The summed E-state index contributed by atoms with van der Waals surface area (Å²) in [7, 11) is 0. The molecule has 0 aliphatic carbocycles. The molecule has 1 fully saturated rings. The molecule has 0 amide bonds. The highest BCUT2D eigenvalue weighted by atomic mass is 16.7. The molecule has 2 heteroatoms. The molecule has 0 saturated carbocycles. The molecule has 0 atom stereocenters. The highest BCUT2D eigenvalue weighted by Crippen LogP contribution is 2.41. The number of rotatable bonds is 8. The molecule has 0 spiro atoms. The van der Waals surface area contributed by atoms with E-state index in [1.54, 1.807) is 0 Å². The minimum atomic E-state index is 0.156. The molecule has 0 aromatic heterocycles. The fraction of sp³-hybridized carbons (Fsp3) is 1.00. The molecule has 0 aromatic rings. The van der Waals surface area contributed by atoms with Crippen molar-refractivity contribution in [2.24, 2.45) is 5.92 Å². The van der Waals surface area contributed by atoms with Gasteiger partial charge in [-0.3, -0.25) is 4.84 Å². The van der Waals surface area contributed by atoms with E-state index in [9.17, 15) is 0 Å². The maximum Gasteiger partial charge on any atom is 0.0685 e. The summed E-state index contributed by atoms with van der Waals surface area (Å²) >= 11 is 0. The van der Waals surface area contributed by atoms with E-state index in [-0.39, 0.29) is 11.1 Å². The van der Waals surface area contributed by atoms with Crippen LogP contribution in [0.4, 0.5) is 0 Å². The van der Waals surface area contributed by atoms with Gasteiger partial charge < -0.3 is 0 Å². The Morgan fingerprint density at radius 3 is 1.95 bits per heavy atom. The van der Waals surface area contributed by atoms with E-state index >= 15 is 0 Å². The molecular formula is C18H37NO. The Kier molecular flexibility index (Phi) is 7.00. The van der Waals surface area contributed by atoms with Crippen LogP contribution in [0.2, 0.25) is 0 Å². The van der Waals surface area contributed by atoms with Crippen LogP contribution in [0.15, 0.2) is 0 Å². The van der Waals surface area contributed by atoms with Crippen LogP contribution < -0.4 is 0 Å². The van der Waals surface area contributed by atoms with Crippen molar-refractivity contribution in [1.29, 1.82) is 0 Å². The Balaban J connectivity index is 2.33. The second-order valence-electron chi connectivity index (χ2n) is 8.03. The van der Waals surface area contributed by atoms with Crippen LogP contribution in [-0.4, -0.2) is 22.7 Å². The number of piperidine rings is 1. The van der Waals surface area contributed by atoms with Gasteiger partial charge in [0, 0.05) is 11.1 Å². The van der Waals surface area contributed by atoms with Crippen LogP contribution in [0.1, 0.15) is 92.9 Å². The number of nitrogens with zero attached hydrogens (tertiary/aromatic N) is 1. The first kappa shape index (κ1) is 18.0. The van der Waals surface area contributed by atoms with E-state index in [4.69, 9.17) is 4.84 Å². The molecule has 1 heterocycles. The summed E-state index contributed by atoms with van der Waals surface area (Å²) in [4.78, 5) is 6.20. The molecule has 0 bridgehead atoms. The van der Waals surface area contributed by atoms with E-state index in [0.717, 1.165) is 12.5 Å². The predicted molar refractivity (Wildman–Crippen MR) is 87.7 cm³/mol. The van der Waals surface area contributed by atoms with Gasteiger partial charge in [-0.25, -0.2) is 0 Å². The Bertz CT molecular complexity index is 255. The fourth-order valence-corrected chi connectivity index (χ4v) is 4.15. The smallest absolute Gasteiger partial charge is 0.0685 e. The lowest BCUT2D eigenvalue weighted by atomic mass is 9.76. The van der Waals surface area contributed by atoms with Gasteiger partial charge in [0.15, 0.2) is 0 Å². The maximum absolute atomic E-state index is 6.20. The second-order valence-corrected chi connectivity index (χ2v) is 8.03. The molecule has 120 valence electrons. The van der Waals surface area contributed by atoms with E-state index in [1.807, 2.05) is 0 Å². The Hall–Kier alpha value is -0.0800. The molecule has 1 aliphatic heterocycles. The van der Waals surface area contributed by atoms with Crippen LogP contribution in [0.25, 0.3) is 0 Å². The van der Waals surface area contributed by atoms with Crippen molar-refractivity contribution in [1.82, 2.24) is 5.06 Å². The lowest BCUT2D eigenvalue weighted by molar-refractivity contribution is -0.287. The fourth-order valence-electron chi connectivity index (χ4n) is 4.15. The molecular weight excluding hydrogens is 246 g/mol. The standard InChI is InChI=1S/C18H37NO/c1-7-8-9-10-11-12-13-20-19-17(3,4)14-16(2)15-18(19,5)6/h16H,7-15H2,1-6H3. The zero-order chi connectivity index (χ0) is 15.2. The monoisotopic (exact) mass is 283 g/mol. The molecule has 1 aliphatic rings. The first-order valence-electron chi connectivity index (χ1n) is 8.73. The van der Waals surface area contributed by atoms with E-state index < -0.39 is 0 Å². The van der Waals surface area contributed by atoms with Crippen molar-refractivity contribution in [3.63, 3.8) is 0 Å². The van der Waals surface area contributed by atoms with Crippen LogP contribution in [0.3, 0.4) is 0 Å². The third-order valence-electron chi connectivity index (χ3n) is 4.51. The molecule has 0 aromatic carbocycles. The lowest BCUT2D eigenvalue weighted by Crippen LogP contribution is -2.60. The highest BCUT2D eigenvalue weighted by Gasteiger charge is 2.45. The summed E-state index contributed by atoms with van der Waals surface area (Å²) in [5, 5.41) is 2.30. The Morgan fingerprint density at radius 1 is 0.900 bits per heavy atom. The Labute approximate surface area is 127 Å². The molecule has 0 N–H and O–H groups in total. The van der Waals surface area contributed by atoms with Gasteiger partial charge in [-0.05, 0) is 52.9 Å². The molecule has 1 saturated heterocycles. The van der Waals surface area contributed by atoms with Crippen LogP contribution in [0, 0.1) is 5.92 Å². The van der Waals surface area contributed by atoms with E-state index in [1.165, 1.54) is 51.4 Å². The topological polar surface area (TPSA) is 12.5 Å². The van der Waals surface area contributed by atoms with Crippen LogP contribution >= 0.6 is 0 Å². The lowest BCUT2D eigenvalue weighted by Gasteiger charge is -2.53. The summed E-state index contributed by atoms with van der Waals surface area (Å²) < 4.78 is 0. The van der Waals surface area contributed by atoms with Gasteiger partial charge in [-0.15, -0.1) is 0 Å². The molecule has 20 heavy (non-hydrogen) atoms. The SMILES string of the molecule is CCCCCCCCON1C(C)(C)CC(C)CC1(C)C. The van der Waals surface area contributed by atoms with Crippen molar-refractivity contribution >= 4 is 0 Å². The van der Waals surface area contributed by atoms with Crippen molar-refractivity contribution in [2.75, 3.05) is 6.61 Å². The van der Waals surface area contributed by atoms with Crippen LogP contribution in [-0.2, 0) is 4.84 Å². The van der Waals surface area contributed by atoms with Gasteiger partial charge in [0.1, 0.15) is 0 Å². The van der Waals surface area contributed by atoms with Gasteiger partial charge in [-0.2, -0.15) is 5.06 Å². The quantitative estimate of drug-likeness (QED) is 0.540. The zero-order valence-electron chi connectivity index (χ0n) is 14.8. The third-order valence-corrected chi connectivity index (χ3v) is 4.51. The van der Waals surface area contributed by atoms with Gasteiger partial charge in [0.2, 0.25) is 0 Å². The maximum atomic E-state index is 6.20. The van der Waals surface area contributed by atoms with E-state index in [0.29, 0.717) is 0 Å². The van der Waals surface area contributed by atoms with Gasteiger partial charge in [-0.1, -0.05) is 46.0 Å². The largest absolute Gasteiger partial charge is 0.298 e. The first-order valence-corrected chi connectivity index (χ1v) is 8.73. The summed E-state index contributed by atoms with van der Waals surface area (Å²) in [6, 6.07) is 0. The molecule has 1 rings (SSSR count). The molecule has 0 unspecified atom stereocenters. The average Bonchev–Trinajstić information content (AvgIpc) is 2.28. The second kappa shape index (κ2) is 7.79. The number of hydrogen-bond donors (Lipinski definition) is 0. The molecule has 0 radical (unpaired) electrons. The summed E-state index contributed by atoms with van der Waals surface area (Å²) in [5.41, 5.74) is 0.312. The number of hydrogen-bond acceptors (Lipinski definition) is 2. The Morgan fingerprint density at radius 2 is 1.40 bits per heavy atom. The summed E-state index contributed by atoms with van der Waals surface area (Å²) in [6.07, 6.45) is 10.4. The normalized spacial score (nSPS) is 23.1. The van der Waals surface area contributed by atoms with Gasteiger partial charge in [0.05, 0.1) is 6.61 Å². The average molecular weight is 284 g/mol. The van der Waals surface area contributed by atoms with Gasteiger partial charge in [0.25, 0.3) is 0 Å². The van der Waals surface area contributed by atoms with Crippen molar-refractivity contribution in [3.8, 4) is 0 Å². The highest BCUT2D eigenvalue weighted by molar-refractivity contribution is 4.95. The van der Waals surface area contributed by atoms with E-state index in [2.05, 4.69) is 46.6 Å². The summed E-state index contributed by atoms with van der Waals surface area (Å²) in [6.45, 7) is 14.8. The van der Waals surface area contributed by atoms with Crippen LogP contribution in [0.5, 0.6) is 0 Å². The first-order chi connectivity index (χ1) is 9.29. The number of unbranched alkanes of at least 4 members (excludes halogenated alkanes) is 5. The third kappa shape index (κ3) is 5.37. The van der Waals surface area contributed by atoms with Crippen molar-refractivity contribution in [2.45, 2.75) is 104 Å². The number of hydroxylamine groups is 2. The summed E-state index contributed by atoms with van der Waals surface area (Å²) in [5.74, 6) is 0.786. The van der Waals surface area contributed by atoms with Crippen molar-refractivity contribution < 1.29 is 4.84 Å². The molecule has 2 nitrogen and oxygen atoms in total. The zero-order valence-corrected chi connectivity index (χ0v) is 14.8.